The van der Waals surface area contributed by atoms with Crippen molar-refractivity contribution < 1.29 is 14.3 Å². The van der Waals surface area contributed by atoms with Crippen LogP contribution in [0.25, 0.3) is 0 Å². The van der Waals surface area contributed by atoms with Crippen molar-refractivity contribution >= 4 is 17.5 Å². The third-order valence-corrected chi connectivity index (χ3v) is 4.65. The van der Waals surface area contributed by atoms with Crippen molar-refractivity contribution in [2.75, 3.05) is 46.2 Å². The van der Waals surface area contributed by atoms with Crippen molar-refractivity contribution in [3.05, 3.63) is 23.8 Å². The number of rotatable bonds is 6. The van der Waals surface area contributed by atoms with Crippen molar-refractivity contribution in [3.8, 4) is 5.75 Å². The fourth-order valence-electron chi connectivity index (χ4n) is 2.87. The van der Waals surface area contributed by atoms with Gasteiger partial charge >= 0.3 is 0 Å². The molecule has 0 spiro atoms. The van der Waals surface area contributed by atoms with Gasteiger partial charge in [0.1, 0.15) is 12.4 Å². The van der Waals surface area contributed by atoms with E-state index in [1.807, 2.05) is 26.2 Å². The second kappa shape index (κ2) is 8.23. The summed E-state index contributed by atoms with van der Waals surface area (Å²) in [6, 6.07) is 5.41. The van der Waals surface area contributed by atoms with Crippen LogP contribution in [0.3, 0.4) is 0 Å². The lowest BCUT2D eigenvalue weighted by Gasteiger charge is -2.36. The van der Waals surface area contributed by atoms with Gasteiger partial charge in [-0.2, -0.15) is 0 Å². The molecule has 2 amide bonds. The highest BCUT2D eigenvalue weighted by atomic mass is 16.5. The lowest BCUT2D eigenvalue weighted by molar-refractivity contribution is -0.130. The van der Waals surface area contributed by atoms with Gasteiger partial charge in [-0.25, -0.2) is 0 Å². The van der Waals surface area contributed by atoms with Crippen LogP contribution in [0.2, 0.25) is 0 Å². The van der Waals surface area contributed by atoms with E-state index in [4.69, 9.17) is 4.74 Å². The Labute approximate surface area is 150 Å². The predicted octanol–water partition coefficient (Wildman–Crippen LogP) is 2.23. The van der Waals surface area contributed by atoms with E-state index >= 15 is 0 Å². The van der Waals surface area contributed by atoms with E-state index in [9.17, 15) is 9.59 Å². The highest BCUT2D eigenvalue weighted by molar-refractivity contribution is 5.95. The van der Waals surface area contributed by atoms with E-state index in [-0.39, 0.29) is 17.9 Å². The zero-order valence-corrected chi connectivity index (χ0v) is 15.9. The van der Waals surface area contributed by atoms with Crippen LogP contribution >= 0.6 is 0 Å². The minimum atomic E-state index is -0.0475. The molecule has 1 aromatic carbocycles. The van der Waals surface area contributed by atoms with E-state index in [2.05, 4.69) is 11.8 Å². The molecule has 6 nitrogen and oxygen atoms in total. The third-order valence-electron chi connectivity index (χ3n) is 4.65. The standard InChI is InChI=1S/C19H29N3O3/c1-6-7-10-21(4)18(23)12-15-13-25-17-9-8-14(19(24)20(2)3)11-16(17)22(15)5/h8-9,11,15H,6-7,10,12-13H2,1-5H3/t15-/m1/s1. The lowest BCUT2D eigenvalue weighted by Crippen LogP contribution is -2.44. The van der Waals surface area contributed by atoms with Crippen LogP contribution in [0.5, 0.6) is 5.75 Å². The van der Waals surface area contributed by atoms with Gasteiger partial charge in [0.15, 0.2) is 0 Å². The van der Waals surface area contributed by atoms with Gasteiger partial charge in [-0.15, -0.1) is 0 Å². The number of benzene rings is 1. The Kier molecular flexibility index (Phi) is 6.28. The number of nitrogens with zero attached hydrogens (tertiary/aromatic N) is 3. The van der Waals surface area contributed by atoms with Gasteiger partial charge < -0.3 is 19.4 Å². The Bertz CT molecular complexity index is 630. The van der Waals surface area contributed by atoms with Crippen molar-refractivity contribution in [2.24, 2.45) is 0 Å². The Hall–Kier alpha value is -2.24. The number of hydrogen-bond donors (Lipinski definition) is 0. The zero-order valence-electron chi connectivity index (χ0n) is 15.9. The molecule has 0 saturated carbocycles. The van der Waals surface area contributed by atoms with Gasteiger partial charge in [0, 0.05) is 40.3 Å². The fraction of sp³-hybridized carbons (Fsp3) is 0.579. The molecule has 0 fully saturated rings. The SMILES string of the molecule is CCCCN(C)C(=O)C[C@@H]1COc2ccc(C(=O)N(C)C)cc2N1C. The minimum absolute atomic E-state index is 0.0335. The first-order chi connectivity index (χ1) is 11.8. The van der Waals surface area contributed by atoms with Gasteiger partial charge in [0.25, 0.3) is 5.91 Å². The van der Waals surface area contributed by atoms with Crippen LogP contribution in [-0.4, -0.2) is 69.0 Å². The van der Waals surface area contributed by atoms with Gasteiger partial charge in [-0.3, -0.25) is 9.59 Å². The molecule has 1 atom stereocenters. The molecule has 1 aromatic rings. The molecule has 0 aliphatic carbocycles. The topological polar surface area (TPSA) is 53.1 Å². The first-order valence-corrected chi connectivity index (χ1v) is 8.80. The first kappa shape index (κ1) is 19.1. The summed E-state index contributed by atoms with van der Waals surface area (Å²) in [4.78, 5) is 30.0. The summed E-state index contributed by atoms with van der Waals surface area (Å²) < 4.78 is 5.83. The van der Waals surface area contributed by atoms with Crippen LogP contribution in [0.15, 0.2) is 18.2 Å². The average molecular weight is 347 g/mol. The third kappa shape index (κ3) is 4.44. The second-order valence-electron chi connectivity index (χ2n) is 6.83. The van der Waals surface area contributed by atoms with Crippen LogP contribution < -0.4 is 9.64 Å². The monoisotopic (exact) mass is 347 g/mol. The summed E-state index contributed by atoms with van der Waals surface area (Å²) in [6.07, 6.45) is 2.49. The number of likely N-dealkylation sites (N-methyl/N-ethyl adjacent to an activating group) is 1. The summed E-state index contributed by atoms with van der Waals surface area (Å²) in [6.45, 7) is 3.37. The molecule has 138 valence electrons. The maximum atomic E-state index is 12.4. The molecule has 0 unspecified atom stereocenters. The number of anilines is 1. The summed E-state index contributed by atoms with van der Waals surface area (Å²) in [7, 11) is 7.27. The summed E-state index contributed by atoms with van der Waals surface area (Å²) >= 11 is 0. The van der Waals surface area contributed by atoms with Gasteiger partial charge in [-0.1, -0.05) is 13.3 Å². The molecule has 2 rings (SSSR count). The molecule has 25 heavy (non-hydrogen) atoms. The van der Waals surface area contributed by atoms with Crippen LogP contribution in [0.4, 0.5) is 5.69 Å². The number of hydrogen-bond acceptors (Lipinski definition) is 4. The molecule has 0 bridgehead atoms. The largest absolute Gasteiger partial charge is 0.489 e. The number of carbonyl (C=O) groups is 2. The Balaban J connectivity index is 2.11. The highest BCUT2D eigenvalue weighted by Gasteiger charge is 2.28. The number of unbranched alkanes of at least 4 members (excludes halogenated alkanes) is 1. The van der Waals surface area contributed by atoms with Crippen molar-refractivity contribution in [3.63, 3.8) is 0 Å². The Morgan fingerprint density at radius 3 is 2.64 bits per heavy atom. The fourth-order valence-corrected chi connectivity index (χ4v) is 2.87. The Morgan fingerprint density at radius 1 is 1.28 bits per heavy atom. The molecule has 1 aliphatic rings. The minimum Gasteiger partial charge on any atom is -0.489 e. The first-order valence-electron chi connectivity index (χ1n) is 8.80. The normalized spacial score (nSPS) is 16.0. The Morgan fingerprint density at radius 2 is 2.00 bits per heavy atom. The van der Waals surface area contributed by atoms with E-state index < -0.39 is 0 Å². The van der Waals surface area contributed by atoms with E-state index in [1.54, 1.807) is 30.0 Å². The number of carbonyl (C=O) groups excluding carboxylic acids is 2. The van der Waals surface area contributed by atoms with Crippen molar-refractivity contribution in [1.29, 1.82) is 0 Å². The van der Waals surface area contributed by atoms with Crippen molar-refractivity contribution in [2.45, 2.75) is 32.2 Å². The maximum Gasteiger partial charge on any atom is 0.253 e. The molecule has 6 heteroatoms. The molecule has 0 N–H and O–H groups in total. The smallest absolute Gasteiger partial charge is 0.253 e. The van der Waals surface area contributed by atoms with Gasteiger partial charge in [0.2, 0.25) is 5.91 Å². The summed E-state index contributed by atoms with van der Waals surface area (Å²) in [5.74, 6) is 0.826. The molecule has 1 heterocycles. The maximum absolute atomic E-state index is 12.4. The number of ether oxygens (including phenoxy) is 1. The number of amides is 2. The molecule has 0 saturated heterocycles. The van der Waals surface area contributed by atoms with Crippen LogP contribution in [-0.2, 0) is 4.79 Å². The van der Waals surface area contributed by atoms with Crippen molar-refractivity contribution in [1.82, 2.24) is 9.80 Å². The van der Waals surface area contributed by atoms with E-state index in [0.717, 1.165) is 30.8 Å². The summed E-state index contributed by atoms with van der Waals surface area (Å²) in [5, 5.41) is 0. The summed E-state index contributed by atoms with van der Waals surface area (Å²) in [5.41, 5.74) is 1.47. The molecule has 1 aliphatic heterocycles. The van der Waals surface area contributed by atoms with E-state index in [0.29, 0.717) is 18.6 Å². The highest BCUT2D eigenvalue weighted by Crippen LogP contribution is 2.34. The molecule has 0 radical (unpaired) electrons. The quantitative estimate of drug-likeness (QED) is 0.792. The predicted molar refractivity (Wildman–Crippen MR) is 99.3 cm³/mol. The van der Waals surface area contributed by atoms with Gasteiger partial charge in [0.05, 0.1) is 18.2 Å². The molecule has 0 aromatic heterocycles. The van der Waals surface area contributed by atoms with Gasteiger partial charge in [-0.05, 0) is 24.6 Å². The second-order valence-corrected chi connectivity index (χ2v) is 6.83. The zero-order chi connectivity index (χ0) is 18.6. The number of fused-ring (bicyclic) bond motifs is 1. The molecular formula is C19H29N3O3. The van der Waals surface area contributed by atoms with Crippen LogP contribution in [0, 0.1) is 0 Å². The van der Waals surface area contributed by atoms with E-state index in [1.165, 1.54) is 0 Å². The lowest BCUT2D eigenvalue weighted by atomic mass is 10.1. The average Bonchev–Trinajstić information content (AvgIpc) is 2.60. The molecular weight excluding hydrogens is 318 g/mol. The van der Waals surface area contributed by atoms with Crippen LogP contribution in [0.1, 0.15) is 36.5 Å².